The summed E-state index contributed by atoms with van der Waals surface area (Å²) < 4.78 is 127. The SMILES string of the molecule is O=C(Nc1ccc2c(c1)CCC2)c1ccc(N2CCN(c3ccncc3)CC2)cn1.O=C(O)C(F)(F)F.O=C(O)C(F)(F)F.O=C(O)C(F)(F)F.O=C(O)C(F)(F)F. The third-order valence-corrected chi connectivity index (χ3v) is 6.98. The van der Waals surface area contributed by atoms with Crippen LogP contribution in [0.5, 0.6) is 0 Å². The Morgan fingerprint density at radius 2 is 0.948 bits per heavy atom. The predicted octanol–water partition coefficient (Wildman–Crippen LogP) is 6.08. The van der Waals surface area contributed by atoms with Crippen molar-refractivity contribution in [2.45, 2.75) is 44.0 Å². The Balaban J connectivity index is 0.000000489. The van der Waals surface area contributed by atoms with Gasteiger partial charge in [0.05, 0.1) is 11.9 Å². The van der Waals surface area contributed by atoms with Gasteiger partial charge in [-0.2, -0.15) is 52.7 Å². The number of nitrogens with zero attached hydrogens (tertiary/aromatic N) is 4. The van der Waals surface area contributed by atoms with Gasteiger partial charge in [0.2, 0.25) is 0 Å². The molecule has 5 N–H and O–H groups in total. The molecule has 320 valence electrons. The maximum absolute atomic E-state index is 12.6. The molecule has 0 spiro atoms. The highest BCUT2D eigenvalue weighted by atomic mass is 19.4. The maximum Gasteiger partial charge on any atom is 0.490 e. The highest BCUT2D eigenvalue weighted by Gasteiger charge is 2.40. The number of fused-ring (bicyclic) bond motifs is 1. The number of anilines is 3. The molecule has 0 unspecified atom stereocenters. The number of nitrogens with one attached hydrogen (secondary N) is 1. The van der Waals surface area contributed by atoms with Gasteiger partial charge >= 0.3 is 48.6 Å². The number of carbonyl (C=O) groups is 5. The number of amides is 1. The zero-order valence-corrected chi connectivity index (χ0v) is 28.9. The van der Waals surface area contributed by atoms with Crippen LogP contribution < -0.4 is 15.1 Å². The molecule has 14 nitrogen and oxygen atoms in total. The number of carbonyl (C=O) groups excluding carboxylic acids is 1. The van der Waals surface area contributed by atoms with E-state index in [1.807, 2.05) is 42.7 Å². The predicted molar refractivity (Wildman–Crippen MR) is 174 cm³/mol. The number of halogens is 12. The van der Waals surface area contributed by atoms with Crippen LogP contribution in [0.2, 0.25) is 0 Å². The summed E-state index contributed by atoms with van der Waals surface area (Å²) in [6.45, 7) is 3.74. The maximum atomic E-state index is 12.6. The van der Waals surface area contributed by atoms with Crippen molar-refractivity contribution in [2.75, 3.05) is 41.3 Å². The smallest absolute Gasteiger partial charge is 0.475 e. The molecule has 58 heavy (non-hydrogen) atoms. The molecule has 26 heteroatoms. The fraction of sp³-hybridized carbons (Fsp3) is 0.344. The molecule has 1 aromatic carbocycles. The molecule has 5 rings (SSSR count). The number of aromatic nitrogens is 2. The number of alkyl halides is 12. The largest absolute Gasteiger partial charge is 0.490 e. The van der Waals surface area contributed by atoms with Crippen molar-refractivity contribution < 1.29 is 97.1 Å². The molecule has 2 aliphatic rings. The van der Waals surface area contributed by atoms with Crippen molar-refractivity contribution in [2.24, 2.45) is 0 Å². The number of hydrogen-bond acceptors (Lipinski definition) is 9. The fourth-order valence-electron chi connectivity index (χ4n) is 4.33. The van der Waals surface area contributed by atoms with Crippen LogP contribution in [-0.2, 0) is 32.0 Å². The van der Waals surface area contributed by atoms with Crippen molar-refractivity contribution in [1.82, 2.24) is 9.97 Å². The topological polar surface area (TPSA) is 211 Å². The van der Waals surface area contributed by atoms with Gasteiger partial charge < -0.3 is 35.5 Å². The Hall–Kier alpha value is -6.37. The fourth-order valence-corrected chi connectivity index (χ4v) is 4.33. The van der Waals surface area contributed by atoms with Crippen molar-refractivity contribution in [3.63, 3.8) is 0 Å². The molecule has 0 atom stereocenters. The van der Waals surface area contributed by atoms with Gasteiger partial charge in [0.1, 0.15) is 5.69 Å². The van der Waals surface area contributed by atoms with Crippen LogP contribution in [0.25, 0.3) is 0 Å². The van der Waals surface area contributed by atoms with E-state index in [0.717, 1.165) is 50.4 Å². The van der Waals surface area contributed by atoms with Gasteiger partial charge in [-0.25, -0.2) is 24.2 Å². The van der Waals surface area contributed by atoms with E-state index >= 15 is 0 Å². The average molecular weight is 856 g/mol. The number of piperazine rings is 1. The van der Waals surface area contributed by atoms with Gasteiger partial charge in [-0.3, -0.25) is 9.78 Å². The van der Waals surface area contributed by atoms with E-state index < -0.39 is 48.6 Å². The Morgan fingerprint density at radius 3 is 1.33 bits per heavy atom. The van der Waals surface area contributed by atoms with Gasteiger partial charge in [-0.1, -0.05) is 6.07 Å². The number of pyridine rings is 2. The molecule has 1 fully saturated rings. The highest BCUT2D eigenvalue weighted by molar-refractivity contribution is 6.03. The molecule has 0 saturated carbocycles. The summed E-state index contributed by atoms with van der Waals surface area (Å²) in [5, 5.41) is 31.5. The van der Waals surface area contributed by atoms with Gasteiger partial charge in [-0.15, -0.1) is 0 Å². The van der Waals surface area contributed by atoms with Gasteiger partial charge in [0, 0.05) is 49.9 Å². The number of benzene rings is 1. The van der Waals surface area contributed by atoms with E-state index in [1.54, 1.807) is 6.20 Å². The number of aliphatic carboxylic acids is 4. The lowest BCUT2D eigenvalue weighted by Crippen LogP contribution is -2.46. The normalized spacial score (nSPS) is 13.6. The van der Waals surface area contributed by atoms with E-state index in [9.17, 15) is 57.5 Å². The van der Waals surface area contributed by atoms with Crippen LogP contribution >= 0.6 is 0 Å². The molecule has 0 bridgehead atoms. The van der Waals surface area contributed by atoms with Gasteiger partial charge in [0.25, 0.3) is 5.91 Å². The minimum atomic E-state index is -5.08. The molecule has 1 amide bonds. The zero-order chi connectivity index (χ0) is 44.6. The first kappa shape index (κ1) is 49.6. The molecule has 2 aromatic heterocycles. The summed E-state index contributed by atoms with van der Waals surface area (Å²) in [6, 6.07) is 14.1. The average Bonchev–Trinajstić information content (AvgIpc) is 3.60. The molecule has 1 aliphatic heterocycles. The first-order chi connectivity index (χ1) is 26.5. The molecule has 3 heterocycles. The summed E-state index contributed by atoms with van der Waals surface area (Å²) in [5.41, 5.74) is 6.30. The number of hydrogen-bond donors (Lipinski definition) is 5. The lowest BCUT2D eigenvalue weighted by atomic mass is 10.1. The molecular formula is C32H29F12N5O9. The Morgan fingerprint density at radius 1 is 0.552 bits per heavy atom. The third kappa shape index (κ3) is 18.1. The van der Waals surface area contributed by atoms with Crippen molar-refractivity contribution >= 4 is 46.8 Å². The van der Waals surface area contributed by atoms with Crippen LogP contribution in [0, 0.1) is 0 Å². The van der Waals surface area contributed by atoms with E-state index in [0.29, 0.717) is 5.69 Å². The monoisotopic (exact) mass is 855 g/mol. The summed E-state index contributed by atoms with van der Waals surface area (Å²) in [7, 11) is 0. The quantitative estimate of drug-likeness (QED) is 0.189. The molecule has 0 radical (unpaired) electrons. The van der Waals surface area contributed by atoms with Crippen LogP contribution in [0.3, 0.4) is 0 Å². The van der Waals surface area contributed by atoms with Crippen molar-refractivity contribution in [3.8, 4) is 0 Å². The summed E-state index contributed by atoms with van der Waals surface area (Å²) >= 11 is 0. The van der Waals surface area contributed by atoms with Gasteiger partial charge in [0.15, 0.2) is 0 Å². The van der Waals surface area contributed by atoms with Crippen LogP contribution in [0.1, 0.15) is 28.0 Å². The second-order valence-corrected chi connectivity index (χ2v) is 11.1. The van der Waals surface area contributed by atoms with Crippen LogP contribution in [0.15, 0.2) is 61.1 Å². The number of rotatable bonds is 4. The molecular weight excluding hydrogens is 826 g/mol. The van der Waals surface area contributed by atoms with E-state index in [-0.39, 0.29) is 5.91 Å². The Bertz CT molecular complexity index is 1740. The van der Waals surface area contributed by atoms with Gasteiger partial charge in [-0.05, 0) is 66.8 Å². The second kappa shape index (κ2) is 21.2. The lowest BCUT2D eigenvalue weighted by molar-refractivity contribution is -0.193. The zero-order valence-electron chi connectivity index (χ0n) is 28.9. The van der Waals surface area contributed by atoms with E-state index in [4.69, 9.17) is 39.6 Å². The third-order valence-electron chi connectivity index (χ3n) is 6.98. The van der Waals surface area contributed by atoms with Crippen LogP contribution in [-0.4, -0.2) is 111 Å². The second-order valence-electron chi connectivity index (χ2n) is 11.1. The molecule has 1 aliphatic carbocycles. The van der Waals surface area contributed by atoms with E-state index in [2.05, 4.69) is 37.2 Å². The molecule has 3 aromatic rings. The minimum absolute atomic E-state index is 0.165. The Kier molecular flexibility index (Phi) is 18.2. The first-order valence-electron chi connectivity index (χ1n) is 15.5. The lowest BCUT2D eigenvalue weighted by Gasteiger charge is -2.37. The number of carboxylic acid groups (broad SMARTS) is 4. The minimum Gasteiger partial charge on any atom is -0.475 e. The number of aryl methyl sites for hydroxylation is 2. The highest BCUT2D eigenvalue weighted by Crippen LogP contribution is 2.26. The van der Waals surface area contributed by atoms with Crippen molar-refractivity contribution in [3.05, 3.63) is 77.9 Å². The summed E-state index contributed by atoms with van der Waals surface area (Å²) in [4.78, 5) is 61.4. The summed E-state index contributed by atoms with van der Waals surface area (Å²) in [5.74, 6) is -11.2. The number of carboxylic acids is 4. The van der Waals surface area contributed by atoms with E-state index in [1.165, 1.54) is 23.2 Å². The Labute approximate surface area is 317 Å². The first-order valence-corrected chi connectivity index (χ1v) is 15.5. The van der Waals surface area contributed by atoms with Crippen molar-refractivity contribution in [1.29, 1.82) is 0 Å². The summed E-state index contributed by atoms with van der Waals surface area (Å²) in [6.07, 6.45) is -11.4. The van der Waals surface area contributed by atoms with Crippen LogP contribution in [0.4, 0.5) is 69.7 Å². The molecule has 1 saturated heterocycles. The standard InChI is InChI=1S/C24H25N5O.4C2HF3O2/c30-24(27-20-5-4-18-2-1-3-19(18)16-20)23-7-6-22(17-26-23)29-14-12-28(13-15-29)21-8-10-25-11-9-21;4*3-2(4,5)1(6)7/h4-11,16-17H,1-3,12-15H2,(H,27,30);4*(H,6,7).